The van der Waals surface area contributed by atoms with Crippen molar-refractivity contribution >= 4 is 11.7 Å². The number of Topliss-reactive ketones (excluding diaryl/α,β-unsaturated/α-hetero) is 1. The molecule has 0 spiro atoms. The van der Waals surface area contributed by atoms with Crippen LogP contribution in [0.25, 0.3) is 0 Å². The number of hydrogen-bond donors (Lipinski definition) is 0. The zero-order valence-corrected chi connectivity index (χ0v) is 12.7. The molecule has 0 aliphatic heterocycles. The van der Waals surface area contributed by atoms with E-state index in [4.69, 9.17) is 18.9 Å². The van der Waals surface area contributed by atoms with Crippen LogP contribution in [0.3, 0.4) is 0 Å². The first-order valence-corrected chi connectivity index (χ1v) is 6.31. The molecule has 0 radical (unpaired) electrons. The van der Waals surface area contributed by atoms with Crippen molar-refractivity contribution in [3.05, 3.63) is 17.4 Å². The van der Waals surface area contributed by atoms with E-state index in [0.29, 0.717) is 23.7 Å². The molecule has 0 bridgehead atoms. The average molecular weight is 294 g/mol. The SMILES string of the molecule is CCOc1c(OC)c(C)c(C(C)=O)c(OC=C=O)c1OC. The molecular weight excluding hydrogens is 276 g/mol. The van der Waals surface area contributed by atoms with Gasteiger partial charge in [0.05, 0.1) is 26.4 Å². The lowest BCUT2D eigenvalue weighted by molar-refractivity contribution is 0.101. The first-order chi connectivity index (χ1) is 10.0. The summed E-state index contributed by atoms with van der Waals surface area (Å²) < 4.78 is 21.3. The molecule has 1 aromatic rings. The first kappa shape index (κ1) is 16.6. The van der Waals surface area contributed by atoms with Crippen LogP contribution in [-0.2, 0) is 4.79 Å². The maximum absolute atomic E-state index is 11.9. The van der Waals surface area contributed by atoms with E-state index in [-0.39, 0.29) is 22.8 Å². The van der Waals surface area contributed by atoms with Crippen molar-refractivity contribution in [3.63, 3.8) is 0 Å². The number of carbonyl (C=O) groups is 1. The second kappa shape index (κ2) is 7.36. The Bertz CT molecular complexity index is 585. The van der Waals surface area contributed by atoms with E-state index in [2.05, 4.69) is 0 Å². The van der Waals surface area contributed by atoms with Crippen LogP contribution in [-0.4, -0.2) is 32.6 Å². The maximum atomic E-state index is 11.9. The fourth-order valence-corrected chi connectivity index (χ4v) is 2.10. The Morgan fingerprint density at radius 2 is 1.76 bits per heavy atom. The van der Waals surface area contributed by atoms with Gasteiger partial charge in [0.25, 0.3) is 0 Å². The largest absolute Gasteiger partial charge is 0.492 e. The van der Waals surface area contributed by atoms with Gasteiger partial charge in [0, 0.05) is 5.56 Å². The van der Waals surface area contributed by atoms with Crippen LogP contribution in [0.5, 0.6) is 23.0 Å². The monoisotopic (exact) mass is 294 g/mol. The smallest absolute Gasteiger partial charge is 0.208 e. The first-order valence-electron chi connectivity index (χ1n) is 6.31. The van der Waals surface area contributed by atoms with Gasteiger partial charge in [-0.05, 0) is 20.8 Å². The number of ether oxygens (including phenoxy) is 4. The van der Waals surface area contributed by atoms with E-state index in [1.165, 1.54) is 27.1 Å². The van der Waals surface area contributed by atoms with Gasteiger partial charge < -0.3 is 18.9 Å². The zero-order valence-electron chi connectivity index (χ0n) is 12.7. The van der Waals surface area contributed by atoms with E-state index in [9.17, 15) is 9.59 Å². The van der Waals surface area contributed by atoms with Crippen molar-refractivity contribution < 1.29 is 28.5 Å². The molecule has 0 aliphatic carbocycles. The van der Waals surface area contributed by atoms with E-state index in [1.807, 2.05) is 0 Å². The standard InChI is InChI=1S/C15H18O6/c1-6-20-15-12(18-4)9(2)11(10(3)17)13(14(15)19-5)21-8-7-16/h8H,6H2,1-5H3. The average Bonchev–Trinajstić information content (AvgIpc) is 2.45. The number of benzene rings is 1. The molecule has 0 heterocycles. The Balaban J connectivity index is 3.79. The molecule has 0 N–H and O–H groups in total. The molecule has 21 heavy (non-hydrogen) atoms. The minimum absolute atomic E-state index is 0.107. The fourth-order valence-electron chi connectivity index (χ4n) is 2.10. The Morgan fingerprint density at radius 1 is 1.14 bits per heavy atom. The number of methoxy groups -OCH3 is 2. The van der Waals surface area contributed by atoms with Gasteiger partial charge in [-0.1, -0.05) is 0 Å². The molecule has 1 rings (SSSR count). The maximum Gasteiger partial charge on any atom is 0.208 e. The number of carbonyl (C=O) groups excluding carboxylic acids is 2. The highest BCUT2D eigenvalue weighted by molar-refractivity contribution is 6.01. The van der Waals surface area contributed by atoms with Gasteiger partial charge in [-0.25, -0.2) is 4.79 Å². The van der Waals surface area contributed by atoms with Crippen molar-refractivity contribution in [3.8, 4) is 23.0 Å². The van der Waals surface area contributed by atoms with Crippen molar-refractivity contribution in [1.29, 1.82) is 0 Å². The number of ketones is 1. The van der Waals surface area contributed by atoms with Crippen LogP contribution in [0.4, 0.5) is 0 Å². The van der Waals surface area contributed by atoms with Crippen LogP contribution in [0.1, 0.15) is 29.8 Å². The minimum Gasteiger partial charge on any atom is -0.492 e. The second-order valence-corrected chi connectivity index (χ2v) is 4.07. The molecule has 6 heteroatoms. The third kappa shape index (κ3) is 3.17. The topological polar surface area (TPSA) is 71.1 Å². The zero-order chi connectivity index (χ0) is 16.0. The summed E-state index contributed by atoms with van der Waals surface area (Å²) in [4.78, 5) is 22.3. The number of hydrogen-bond acceptors (Lipinski definition) is 6. The third-order valence-corrected chi connectivity index (χ3v) is 2.84. The Hall–Kier alpha value is -2.46. The summed E-state index contributed by atoms with van der Waals surface area (Å²) in [6, 6.07) is 0. The van der Waals surface area contributed by atoms with Crippen LogP contribution in [0, 0.1) is 6.92 Å². The lowest BCUT2D eigenvalue weighted by Crippen LogP contribution is -2.08. The molecular formula is C15H18O6. The molecule has 0 unspecified atom stereocenters. The highest BCUT2D eigenvalue weighted by Crippen LogP contribution is 2.49. The molecule has 0 aromatic heterocycles. The molecule has 0 atom stereocenters. The molecule has 1 aromatic carbocycles. The lowest BCUT2D eigenvalue weighted by Gasteiger charge is -2.20. The summed E-state index contributed by atoms with van der Waals surface area (Å²) in [5.74, 6) is 2.25. The second-order valence-electron chi connectivity index (χ2n) is 4.07. The van der Waals surface area contributed by atoms with E-state index in [1.54, 1.807) is 13.8 Å². The minimum atomic E-state index is -0.249. The normalized spacial score (nSPS) is 9.57. The van der Waals surface area contributed by atoms with Crippen LogP contribution in [0.15, 0.2) is 6.26 Å². The van der Waals surface area contributed by atoms with Gasteiger partial charge in [0.2, 0.25) is 11.5 Å². The van der Waals surface area contributed by atoms with Crippen LogP contribution in [0.2, 0.25) is 0 Å². The van der Waals surface area contributed by atoms with E-state index < -0.39 is 0 Å². The predicted octanol–water partition coefficient (Wildman–Crippen LogP) is 2.34. The van der Waals surface area contributed by atoms with Crippen molar-refractivity contribution in [1.82, 2.24) is 0 Å². The summed E-state index contributed by atoms with van der Waals surface area (Å²) in [5.41, 5.74) is 0.808. The summed E-state index contributed by atoms with van der Waals surface area (Å²) >= 11 is 0. The van der Waals surface area contributed by atoms with Crippen LogP contribution >= 0.6 is 0 Å². The van der Waals surface area contributed by atoms with Crippen molar-refractivity contribution in [2.75, 3.05) is 20.8 Å². The van der Waals surface area contributed by atoms with Gasteiger partial charge >= 0.3 is 0 Å². The van der Waals surface area contributed by atoms with Gasteiger partial charge in [0.15, 0.2) is 29.5 Å². The fraction of sp³-hybridized carbons (Fsp3) is 0.400. The molecule has 0 aliphatic rings. The molecule has 0 amide bonds. The van der Waals surface area contributed by atoms with Gasteiger partial charge in [0.1, 0.15) is 0 Å². The van der Waals surface area contributed by atoms with Gasteiger partial charge in [-0.2, -0.15) is 0 Å². The quantitative estimate of drug-likeness (QED) is 0.436. The molecule has 0 fully saturated rings. The summed E-state index contributed by atoms with van der Waals surface area (Å²) in [7, 11) is 2.88. The van der Waals surface area contributed by atoms with Gasteiger partial charge in [-0.15, -0.1) is 0 Å². The summed E-state index contributed by atoms with van der Waals surface area (Å²) in [6.07, 6.45) is 0.811. The van der Waals surface area contributed by atoms with E-state index in [0.717, 1.165) is 6.26 Å². The third-order valence-electron chi connectivity index (χ3n) is 2.84. The van der Waals surface area contributed by atoms with Crippen molar-refractivity contribution in [2.24, 2.45) is 0 Å². The van der Waals surface area contributed by atoms with Crippen molar-refractivity contribution in [2.45, 2.75) is 20.8 Å². The molecule has 0 saturated carbocycles. The van der Waals surface area contributed by atoms with Crippen LogP contribution < -0.4 is 18.9 Å². The molecule has 114 valence electrons. The highest BCUT2D eigenvalue weighted by Gasteiger charge is 2.28. The summed E-state index contributed by atoms with van der Waals surface area (Å²) in [6.45, 7) is 5.27. The Kier molecular flexibility index (Phi) is 5.81. The number of rotatable bonds is 7. The van der Waals surface area contributed by atoms with E-state index >= 15 is 0 Å². The predicted molar refractivity (Wildman–Crippen MR) is 76.3 cm³/mol. The molecule has 0 saturated heterocycles. The Morgan fingerprint density at radius 3 is 2.19 bits per heavy atom. The Labute approximate surface area is 123 Å². The summed E-state index contributed by atoms with van der Waals surface area (Å²) in [5, 5.41) is 0. The highest BCUT2D eigenvalue weighted by atomic mass is 16.5. The van der Waals surface area contributed by atoms with Gasteiger partial charge in [-0.3, -0.25) is 4.79 Å². The lowest BCUT2D eigenvalue weighted by atomic mass is 10.0. The molecule has 6 nitrogen and oxygen atoms in total.